The number of hydrogen-bond donors (Lipinski definition) is 1. The molecule has 1 rings (SSSR count). The number of amides is 1. The first-order valence-corrected chi connectivity index (χ1v) is 5.74. The Morgan fingerprint density at radius 2 is 2.06 bits per heavy atom. The van der Waals surface area contributed by atoms with Crippen LogP contribution < -0.4 is 0 Å². The Morgan fingerprint density at radius 1 is 1.50 bits per heavy atom. The summed E-state index contributed by atoms with van der Waals surface area (Å²) >= 11 is 3.19. The van der Waals surface area contributed by atoms with Gasteiger partial charge in [0.1, 0.15) is 10.9 Å². The van der Waals surface area contributed by atoms with Crippen LogP contribution in [0.2, 0.25) is 0 Å². The van der Waals surface area contributed by atoms with Gasteiger partial charge in [-0.2, -0.15) is 0 Å². The van der Waals surface area contributed by atoms with Gasteiger partial charge in [0.15, 0.2) is 0 Å². The SMILES string of the molecule is C=CCOC(=O)N1CCC(Br)(C(=O)O)CC1. The number of ether oxygens (including phenoxy) is 1. The van der Waals surface area contributed by atoms with Gasteiger partial charge in [-0.3, -0.25) is 4.79 Å². The van der Waals surface area contributed by atoms with Crippen molar-refractivity contribution in [1.82, 2.24) is 4.90 Å². The third-order valence-corrected chi connectivity index (χ3v) is 3.65. The maximum absolute atomic E-state index is 11.4. The molecule has 0 radical (unpaired) electrons. The summed E-state index contributed by atoms with van der Waals surface area (Å²) in [6, 6.07) is 0. The minimum atomic E-state index is -0.901. The van der Waals surface area contributed by atoms with E-state index >= 15 is 0 Å². The average Bonchev–Trinajstić information content (AvgIpc) is 2.26. The fraction of sp³-hybridized carbons (Fsp3) is 0.600. The van der Waals surface area contributed by atoms with Crippen molar-refractivity contribution in [3.05, 3.63) is 12.7 Å². The summed E-state index contributed by atoms with van der Waals surface area (Å²) in [5.74, 6) is -0.883. The summed E-state index contributed by atoms with van der Waals surface area (Å²) < 4.78 is 3.96. The fourth-order valence-electron chi connectivity index (χ4n) is 1.48. The van der Waals surface area contributed by atoms with Crippen molar-refractivity contribution in [2.75, 3.05) is 19.7 Å². The topological polar surface area (TPSA) is 66.8 Å². The molecule has 0 spiro atoms. The van der Waals surface area contributed by atoms with E-state index in [1.54, 1.807) is 0 Å². The van der Waals surface area contributed by atoms with E-state index in [4.69, 9.17) is 9.84 Å². The van der Waals surface area contributed by atoms with Crippen LogP contribution in [0.3, 0.4) is 0 Å². The summed E-state index contributed by atoms with van der Waals surface area (Å²) in [6.07, 6.45) is 1.84. The average molecular weight is 292 g/mol. The predicted octanol–water partition coefficient (Wildman–Crippen LogP) is 1.62. The van der Waals surface area contributed by atoms with E-state index in [9.17, 15) is 9.59 Å². The van der Waals surface area contributed by atoms with E-state index < -0.39 is 16.4 Å². The largest absolute Gasteiger partial charge is 0.480 e. The van der Waals surface area contributed by atoms with Crippen LogP contribution in [0, 0.1) is 0 Å². The molecule has 90 valence electrons. The Morgan fingerprint density at radius 3 is 2.50 bits per heavy atom. The van der Waals surface area contributed by atoms with Gasteiger partial charge < -0.3 is 14.7 Å². The van der Waals surface area contributed by atoms with Crippen LogP contribution in [0.5, 0.6) is 0 Å². The highest BCUT2D eigenvalue weighted by molar-refractivity contribution is 9.10. The molecule has 0 aromatic rings. The fourth-order valence-corrected chi connectivity index (χ4v) is 1.83. The molecule has 0 bridgehead atoms. The Labute approximate surface area is 102 Å². The number of likely N-dealkylation sites (tertiary alicyclic amines) is 1. The van der Waals surface area contributed by atoms with Crippen molar-refractivity contribution >= 4 is 28.0 Å². The Kier molecular flexibility index (Phi) is 4.35. The number of nitrogens with zero attached hydrogens (tertiary/aromatic N) is 1. The summed E-state index contributed by atoms with van der Waals surface area (Å²) in [5.41, 5.74) is 0. The van der Waals surface area contributed by atoms with E-state index in [2.05, 4.69) is 22.5 Å². The van der Waals surface area contributed by atoms with Crippen molar-refractivity contribution in [2.24, 2.45) is 0 Å². The van der Waals surface area contributed by atoms with Gasteiger partial charge >= 0.3 is 12.1 Å². The molecular weight excluding hydrogens is 278 g/mol. The second-order valence-corrected chi connectivity index (χ2v) is 5.14. The number of carbonyl (C=O) groups excluding carboxylic acids is 1. The number of hydrogen-bond acceptors (Lipinski definition) is 3. The third kappa shape index (κ3) is 2.98. The lowest BCUT2D eigenvalue weighted by Gasteiger charge is -2.34. The molecule has 6 heteroatoms. The minimum Gasteiger partial charge on any atom is -0.480 e. The van der Waals surface area contributed by atoms with Gasteiger partial charge in [0.25, 0.3) is 0 Å². The molecule has 0 aromatic heterocycles. The van der Waals surface area contributed by atoms with Crippen LogP contribution in [0.1, 0.15) is 12.8 Å². The lowest BCUT2D eigenvalue weighted by molar-refractivity contribution is -0.140. The lowest BCUT2D eigenvalue weighted by atomic mass is 9.97. The predicted molar refractivity (Wildman–Crippen MR) is 61.6 cm³/mol. The lowest BCUT2D eigenvalue weighted by Crippen LogP contribution is -2.47. The summed E-state index contributed by atoms with van der Waals surface area (Å²) in [6.45, 7) is 4.38. The summed E-state index contributed by atoms with van der Waals surface area (Å²) in [7, 11) is 0. The molecule has 16 heavy (non-hydrogen) atoms. The van der Waals surface area contributed by atoms with Gasteiger partial charge in [-0.25, -0.2) is 4.79 Å². The highest BCUT2D eigenvalue weighted by Crippen LogP contribution is 2.31. The van der Waals surface area contributed by atoms with Gasteiger partial charge in [0, 0.05) is 13.1 Å². The number of carboxylic acids is 1. The minimum absolute atomic E-state index is 0.174. The van der Waals surface area contributed by atoms with E-state index in [0.29, 0.717) is 25.9 Å². The van der Waals surface area contributed by atoms with Crippen molar-refractivity contribution in [3.63, 3.8) is 0 Å². The van der Waals surface area contributed by atoms with Crippen LogP contribution in [-0.2, 0) is 9.53 Å². The quantitative estimate of drug-likeness (QED) is 0.634. The van der Waals surface area contributed by atoms with Gasteiger partial charge in [0.05, 0.1) is 0 Å². The molecule has 0 unspecified atom stereocenters. The van der Waals surface area contributed by atoms with Crippen molar-refractivity contribution < 1.29 is 19.4 Å². The molecule has 0 aromatic carbocycles. The van der Waals surface area contributed by atoms with Crippen molar-refractivity contribution in [3.8, 4) is 0 Å². The van der Waals surface area contributed by atoms with Gasteiger partial charge in [0.2, 0.25) is 0 Å². The van der Waals surface area contributed by atoms with Crippen LogP contribution in [0.4, 0.5) is 4.79 Å². The van der Waals surface area contributed by atoms with Crippen LogP contribution in [0.25, 0.3) is 0 Å². The van der Waals surface area contributed by atoms with Crippen molar-refractivity contribution in [2.45, 2.75) is 17.2 Å². The second-order valence-electron chi connectivity index (χ2n) is 3.62. The number of rotatable bonds is 3. The molecule has 5 nitrogen and oxygen atoms in total. The molecule has 1 amide bonds. The zero-order valence-electron chi connectivity index (χ0n) is 8.82. The van der Waals surface area contributed by atoms with E-state index in [1.807, 2.05) is 0 Å². The first-order valence-electron chi connectivity index (χ1n) is 4.94. The Bertz CT molecular complexity index is 297. The van der Waals surface area contributed by atoms with Gasteiger partial charge in [-0.15, -0.1) is 0 Å². The first kappa shape index (κ1) is 13.0. The molecule has 1 aliphatic heterocycles. The van der Waals surface area contributed by atoms with Crippen molar-refractivity contribution in [1.29, 1.82) is 0 Å². The van der Waals surface area contributed by atoms with E-state index in [0.717, 1.165) is 0 Å². The molecule has 1 aliphatic rings. The molecule has 0 atom stereocenters. The Balaban J connectivity index is 2.45. The zero-order chi connectivity index (χ0) is 12.2. The zero-order valence-corrected chi connectivity index (χ0v) is 10.4. The standard InChI is InChI=1S/C10H14BrNO4/c1-2-7-16-9(15)12-5-3-10(11,4-6-12)8(13)14/h2H,1,3-7H2,(H,13,14). The summed E-state index contributed by atoms with van der Waals surface area (Å²) in [5, 5.41) is 8.97. The van der Waals surface area contributed by atoms with Gasteiger partial charge in [-0.1, -0.05) is 28.6 Å². The number of carboxylic acid groups (broad SMARTS) is 1. The molecule has 0 saturated carbocycles. The number of halogens is 1. The highest BCUT2D eigenvalue weighted by Gasteiger charge is 2.40. The molecule has 1 fully saturated rings. The molecule has 1 heterocycles. The molecular formula is C10H14BrNO4. The third-order valence-electron chi connectivity index (χ3n) is 2.52. The van der Waals surface area contributed by atoms with Crippen LogP contribution in [0.15, 0.2) is 12.7 Å². The first-order chi connectivity index (χ1) is 7.49. The van der Waals surface area contributed by atoms with Crippen LogP contribution in [-0.4, -0.2) is 46.1 Å². The molecule has 1 N–H and O–H groups in total. The van der Waals surface area contributed by atoms with Gasteiger partial charge in [-0.05, 0) is 12.8 Å². The second kappa shape index (κ2) is 5.34. The number of alkyl halides is 1. The summed E-state index contributed by atoms with van der Waals surface area (Å²) in [4.78, 5) is 23.9. The number of carbonyl (C=O) groups is 2. The van der Waals surface area contributed by atoms with E-state index in [1.165, 1.54) is 11.0 Å². The van der Waals surface area contributed by atoms with Crippen LogP contribution >= 0.6 is 15.9 Å². The van der Waals surface area contributed by atoms with E-state index in [-0.39, 0.29) is 6.61 Å². The normalized spacial score (nSPS) is 18.9. The maximum Gasteiger partial charge on any atom is 0.410 e. The Hall–Kier alpha value is -1.04. The molecule has 0 aliphatic carbocycles. The highest BCUT2D eigenvalue weighted by atomic mass is 79.9. The number of piperidine rings is 1. The monoisotopic (exact) mass is 291 g/mol. The number of aliphatic carboxylic acids is 1. The maximum atomic E-state index is 11.4. The smallest absolute Gasteiger partial charge is 0.410 e. The molecule has 1 saturated heterocycles.